The van der Waals surface area contributed by atoms with Crippen molar-refractivity contribution < 1.29 is 4.74 Å². The van der Waals surface area contributed by atoms with Crippen LogP contribution in [-0.4, -0.2) is 31.2 Å². The molecule has 1 atom stereocenters. The second-order valence-electron chi connectivity index (χ2n) is 4.55. The summed E-state index contributed by atoms with van der Waals surface area (Å²) in [7, 11) is 1.68. The van der Waals surface area contributed by atoms with Gasteiger partial charge >= 0.3 is 0 Å². The maximum Gasteiger partial charge on any atom is 0.145 e. The maximum atomic E-state index is 5.35. The summed E-state index contributed by atoms with van der Waals surface area (Å²) in [4.78, 5) is 4.41. The van der Waals surface area contributed by atoms with E-state index in [1.54, 1.807) is 13.3 Å². The number of hydrogen-bond acceptors (Lipinski definition) is 4. The Morgan fingerprint density at radius 3 is 3.00 bits per heavy atom. The van der Waals surface area contributed by atoms with E-state index in [-0.39, 0.29) is 12.4 Å². The van der Waals surface area contributed by atoms with Crippen molar-refractivity contribution in [2.45, 2.75) is 12.5 Å². The first-order valence-electron chi connectivity index (χ1n) is 6.27. The summed E-state index contributed by atoms with van der Waals surface area (Å²) >= 11 is 0. The van der Waals surface area contributed by atoms with Crippen LogP contribution in [0.1, 0.15) is 6.42 Å². The minimum Gasteiger partial charge on any atom is -0.494 e. The lowest BCUT2D eigenvalue weighted by molar-refractivity contribution is 0.419. The van der Waals surface area contributed by atoms with Gasteiger partial charge in [0, 0.05) is 29.9 Å². The molecule has 0 aliphatic carbocycles. The summed E-state index contributed by atoms with van der Waals surface area (Å²) in [5.74, 6) is 0.820. The first-order chi connectivity index (χ1) is 8.88. The van der Waals surface area contributed by atoms with Crippen LogP contribution in [0, 0.1) is 0 Å². The van der Waals surface area contributed by atoms with E-state index in [1.165, 1.54) is 0 Å². The predicted octanol–water partition coefficient (Wildman–Crippen LogP) is 2.44. The van der Waals surface area contributed by atoms with Crippen molar-refractivity contribution in [1.29, 1.82) is 0 Å². The minimum atomic E-state index is 0. The Hall–Kier alpha value is -1.52. The lowest BCUT2D eigenvalue weighted by Crippen LogP contribution is -2.22. The molecule has 3 rings (SSSR count). The molecule has 0 radical (unpaired) electrons. The fourth-order valence-electron chi connectivity index (χ4n) is 2.44. The average Bonchev–Trinajstić information content (AvgIpc) is 2.92. The Morgan fingerprint density at radius 1 is 1.37 bits per heavy atom. The number of halogens is 1. The number of hydrogen-bond donors (Lipinski definition) is 2. The van der Waals surface area contributed by atoms with Crippen molar-refractivity contribution in [2.75, 3.05) is 25.5 Å². The summed E-state index contributed by atoms with van der Waals surface area (Å²) in [5.41, 5.74) is 2.04. The van der Waals surface area contributed by atoms with Gasteiger partial charge in [0.25, 0.3) is 0 Å². The van der Waals surface area contributed by atoms with E-state index in [2.05, 4.69) is 27.8 Å². The fraction of sp³-hybridized carbons (Fsp3) is 0.357. The normalized spacial score (nSPS) is 18.1. The van der Waals surface area contributed by atoms with Gasteiger partial charge in [0.1, 0.15) is 11.3 Å². The van der Waals surface area contributed by atoms with Gasteiger partial charge in [-0.15, -0.1) is 12.4 Å². The Kier molecular flexibility index (Phi) is 4.45. The highest BCUT2D eigenvalue weighted by molar-refractivity contribution is 5.95. The van der Waals surface area contributed by atoms with Crippen LogP contribution >= 0.6 is 12.4 Å². The highest BCUT2D eigenvalue weighted by atomic mass is 35.5. The van der Waals surface area contributed by atoms with Gasteiger partial charge in [-0.05, 0) is 37.2 Å². The van der Waals surface area contributed by atoms with Crippen LogP contribution in [0.2, 0.25) is 0 Å². The van der Waals surface area contributed by atoms with Crippen LogP contribution in [0.15, 0.2) is 30.5 Å². The third-order valence-corrected chi connectivity index (χ3v) is 3.37. The van der Waals surface area contributed by atoms with Gasteiger partial charge < -0.3 is 15.4 Å². The third kappa shape index (κ3) is 2.74. The third-order valence-electron chi connectivity index (χ3n) is 3.37. The first kappa shape index (κ1) is 13.9. The molecule has 1 aromatic carbocycles. The molecule has 0 saturated carbocycles. The second-order valence-corrected chi connectivity index (χ2v) is 4.55. The molecular formula is C14H18ClN3O. The van der Waals surface area contributed by atoms with Gasteiger partial charge in [0.05, 0.1) is 7.11 Å². The lowest BCUT2D eigenvalue weighted by Gasteiger charge is -2.16. The Morgan fingerprint density at radius 2 is 2.26 bits per heavy atom. The summed E-state index contributed by atoms with van der Waals surface area (Å²) in [5, 5.41) is 8.05. The van der Waals surface area contributed by atoms with Crippen molar-refractivity contribution in [2.24, 2.45) is 0 Å². The molecule has 0 amide bonds. The molecule has 19 heavy (non-hydrogen) atoms. The smallest absolute Gasteiger partial charge is 0.145 e. The van der Waals surface area contributed by atoms with E-state index in [4.69, 9.17) is 4.74 Å². The largest absolute Gasteiger partial charge is 0.494 e. The number of nitrogens with zero attached hydrogens (tertiary/aromatic N) is 1. The van der Waals surface area contributed by atoms with Crippen LogP contribution in [0.5, 0.6) is 5.75 Å². The zero-order valence-electron chi connectivity index (χ0n) is 10.8. The molecule has 1 aliphatic heterocycles. The van der Waals surface area contributed by atoms with Crippen LogP contribution in [0.25, 0.3) is 10.9 Å². The number of benzene rings is 1. The van der Waals surface area contributed by atoms with E-state index < -0.39 is 0 Å². The molecule has 0 bridgehead atoms. The number of methoxy groups -OCH3 is 1. The SMILES string of the molecule is COc1ccc(NC2CCNC2)c2cccnc12.Cl. The average molecular weight is 280 g/mol. The highest BCUT2D eigenvalue weighted by Gasteiger charge is 2.15. The number of anilines is 1. The summed E-state index contributed by atoms with van der Waals surface area (Å²) in [6.45, 7) is 2.11. The van der Waals surface area contributed by atoms with Gasteiger partial charge in [-0.25, -0.2) is 0 Å². The van der Waals surface area contributed by atoms with Gasteiger partial charge in [0.15, 0.2) is 0 Å². The molecule has 2 aromatic rings. The molecule has 0 spiro atoms. The molecule has 1 fully saturated rings. The Labute approximate surface area is 119 Å². The summed E-state index contributed by atoms with van der Waals surface area (Å²) in [6.07, 6.45) is 2.96. The monoisotopic (exact) mass is 279 g/mol. The van der Waals surface area contributed by atoms with Gasteiger partial charge in [0.2, 0.25) is 0 Å². The molecule has 1 aromatic heterocycles. The van der Waals surface area contributed by atoms with E-state index >= 15 is 0 Å². The number of ether oxygens (including phenoxy) is 1. The quantitative estimate of drug-likeness (QED) is 0.906. The second kappa shape index (κ2) is 6.08. The Balaban J connectivity index is 0.00000133. The predicted molar refractivity (Wildman–Crippen MR) is 80.4 cm³/mol. The molecule has 1 aliphatic rings. The van der Waals surface area contributed by atoms with Crippen molar-refractivity contribution in [1.82, 2.24) is 10.3 Å². The van der Waals surface area contributed by atoms with Crippen LogP contribution < -0.4 is 15.4 Å². The van der Waals surface area contributed by atoms with Crippen molar-refractivity contribution in [3.05, 3.63) is 30.5 Å². The van der Waals surface area contributed by atoms with Crippen molar-refractivity contribution in [3.63, 3.8) is 0 Å². The molecule has 2 N–H and O–H groups in total. The van der Waals surface area contributed by atoms with Gasteiger partial charge in [-0.2, -0.15) is 0 Å². The molecule has 2 heterocycles. The van der Waals surface area contributed by atoms with Crippen molar-refractivity contribution in [3.8, 4) is 5.75 Å². The van der Waals surface area contributed by atoms with Crippen molar-refractivity contribution >= 4 is 29.0 Å². The molecule has 4 nitrogen and oxygen atoms in total. The van der Waals surface area contributed by atoms with E-state index in [0.29, 0.717) is 6.04 Å². The number of fused-ring (bicyclic) bond motifs is 1. The molecule has 102 valence electrons. The minimum absolute atomic E-state index is 0. The molecular weight excluding hydrogens is 262 g/mol. The van der Waals surface area contributed by atoms with Crippen LogP contribution in [0.3, 0.4) is 0 Å². The molecule has 1 unspecified atom stereocenters. The number of aromatic nitrogens is 1. The topological polar surface area (TPSA) is 46.2 Å². The summed E-state index contributed by atoms with van der Waals surface area (Å²) < 4.78 is 5.35. The zero-order valence-corrected chi connectivity index (χ0v) is 11.7. The Bertz CT molecular complexity index is 555. The standard InChI is InChI=1S/C14H17N3O.ClH/c1-18-13-5-4-12(17-10-6-8-15-9-10)11-3-2-7-16-14(11)13;/h2-5,7,10,15,17H,6,8-9H2,1H3;1H. The number of pyridine rings is 1. The summed E-state index contributed by atoms with van der Waals surface area (Å²) in [6, 6.07) is 8.58. The van der Waals surface area contributed by atoms with Gasteiger partial charge in [-0.3, -0.25) is 4.98 Å². The van der Waals surface area contributed by atoms with E-state index in [1.807, 2.05) is 12.1 Å². The van der Waals surface area contributed by atoms with Crippen LogP contribution in [0.4, 0.5) is 5.69 Å². The highest BCUT2D eigenvalue weighted by Crippen LogP contribution is 2.30. The van der Waals surface area contributed by atoms with Crippen LogP contribution in [-0.2, 0) is 0 Å². The molecule has 1 saturated heterocycles. The number of rotatable bonds is 3. The van der Waals surface area contributed by atoms with E-state index in [0.717, 1.165) is 41.9 Å². The number of nitrogens with one attached hydrogen (secondary N) is 2. The lowest BCUT2D eigenvalue weighted by atomic mass is 10.1. The fourth-order valence-corrected chi connectivity index (χ4v) is 2.44. The van der Waals surface area contributed by atoms with Gasteiger partial charge in [-0.1, -0.05) is 0 Å². The molecule has 5 heteroatoms. The maximum absolute atomic E-state index is 5.35. The van der Waals surface area contributed by atoms with E-state index in [9.17, 15) is 0 Å². The zero-order chi connectivity index (χ0) is 12.4. The first-order valence-corrected chi connectivity index (χ1v) is 6.27.